The fourth-order valence-corrected chi connectivity index (χ4v) is 5.97. The minimum absolute atomic E-state index is 0.00707. The summed E-state index contributed by atoms with van der Waals surface area (Å²) in [6.45, 7) is 3.00. The van der Waals surface area contributed by atoms with Crippen LogP contribution in [0.15, 0.2) is 36.9 Å². The predicted molar refractivity (Wildman–Crippen MR) is 136 cm³/mol. The summed E-state index contributed by atoms with van der Waals surface area (Å²) in [5, 5.41) is 14.3. The van der Waals surface area contributed by atoms with Crippen molar-refractivity contribution in [1.29, 1.82) is 0 Å². The number of aromatic amines is 1. The second kappa shape index (κ2) is 8.77. The molecule has 37 heavy (non-hydrogen) atoms. The molecule has 0 aliphatic carbocycles. The molecule has 6 heterocycles. The maximum absolute atomic E-state index is 12.8. The number of rotatable bonds is 5. The van der Waals surface area contributed by atoms with E-state index in [2.05, 4.69) is 20.1 Å². The number of hydrogen-bond donors (Lipinski definition) is 3. The molecule has 2 bridgehead atoms. The van der Waals surface area contributed by atoms with Crippen molar-refractivity contribution < 1.29 is 14.7 Å². The van der Waals surface area contributed by atoms with Gasteiger partial charge in [-0.3, -0.25) is 14.6 Å². The monoisotopic (exact) mass is 500 g/mol. The van der Waals surface area contributed by atoms with Gasteiger partial charge in [0.1, 0.15) is 17.6 Å². The van der Waals surface area contributed by atoms with Crippen molar-refractivity contribution in [3.05, 3.63) is 48.2 Å². The van der Waals surface area contributed by atoms with E-state index in [9.17, 15) is 14.7 Å². The third-order valence-corrected chi connectivity index (χ3v) is 7.61. The number of piperidine rings is 1. The fraction of sp³-hybridized carbons (Fsp3) is 0.385. The molecule has 0 radical (unpaired) electrons. The third kappa shape index (κ3) is 3.77. The van der Waals surface area contributed by atoms with Gasteiger partial charge in [-0.25, -0.2) is 9.97 Å². The number of anilines is 1. The Morgan fingerprint density at radius 2 is 1.92 bits per heavy atom. The lowest BCUT2D eigenvalue weighted by Gasteiger charge is -2.39. The Hall–Kier alpha value is -4.12. The maximum Gasteiger partial charge on any atom is 0.251 e. The van der Waals surface area contributed by atoms with Gasteiger partial charge >= 0.3 is 0 Å². The number of aromatic nitrogens is 6. The summed E-state index contributed by atoms with van der Waals surface area (Å²) in [4.78, 5) is 44.0. The average molecular weight is 501 g/mol. The highest BCUT2D eigenvalue weighted by Gasteiger charge is 2.45. The minimum Gasteiger partial charge on any atom is -0.384 e. The number of ketones is 1. The van der Waals surface area contributed by atoms with Crippen LogP contribution in [0.1, 0.15) is 61.5 Å². The van der Waals surface area contributed by atoms with Crippen LogP contribution in [0, 0.1) is 0 Å². The first kappa shape index (κ1) is 23.3. The molecule has 190 valence electrons. The summed E-state index contributed by atoms with van der Waals surface area (Å²) in [6, 6.07) is 3.82. The SMILES string of the molecule is CC(=O)c1c(C2C[C@H]3CC[C@@H](C2)N3C(=O)[C@H](C)O)nc2c(-c3ccc(-c4ncc[nH]4)nc3)cnn2c1N. The van der Waals surface area contributed by atoms with E-state index in [1.807, 2.05) is 17.0 Å². The standard InChI is InChI=1S/C26H28N8O3/c1-13(35)21-22(16-9-17-4-5-18(10-16)33(17)26(37)14(2)36)32-25-19(12-31-34(25)23(21)27)15-3-6-20(30-11-15)24-28-7-8-29-24/h3,6-8,11-12,14,16-18,36H,4-5,9-10,27H2,1-2H3,(H,28,29)/t14-,16?,17-,18+/m0/s1. The Bertz CT molecular complexity index is 1480. The summed E-state index contributed by atoms with van der Waals surface area (Å²) in [6.07, 6.45) is 8.90. The van der Waals surface area contributed by atoms with Crippen LogP contribution in [0.2, 0.25) is 0 Å². The van der Waals surface area contributed by atoms with Crippen LogP contribution in [0.25, 0.3) is 28.3 Å². The molecule has 0 saturated carbocycles. The normalized spacial score (nSPS) is 21.9. The molecule has 4 aromatic heterocycles. The van der Waals surface area contributed by atoms with E-state index >= 15 is 0 Å². The molecule has 11 heteroatoms. The second-order valence-electron chi connectivity index (χ2n) is 9.95. The predicted octanol–water partition coefficient (Wildman–Crippen LogP) is 2.58. The summed E-state index contributed by atoms with van der Waals surface area (Å²) in [7, 11) is 0. The highest BCUT2D eigenvalue weighted by molar-refractivity contribution is 6.00. The number of pyridine rings is 1. The first-order chi connectivity index (χ1) is 17.8. The molecule has 4 aromatic rings. The van der Waals surface area contributed by atoms with Gasteiger partial charge in [-0.05, 0) is 45.6 Å². The molecule has 4 atom stereocenters. The molecular weight excluding hydrogens is 472 g/mol. The highest BCUT2D eigenvalue weighted by Crippen LogP contribution is 2.44. The van der Waals surface area contributed by atoms with Crippen molar-refractivity contribution in [1.82, 2.24) is 34.4 Å². The molecule has 11 nitrogen and oxygen atoms in total. The lowest BCUT2D eigenvalue weighted by molar-refractivity contribution is -0.144. The summed E-state index contributed by atoms with van der Waals surface area (Å²) < 4.78 is 1.51. The number of Topliss-reactive ketones (excluding diaryl/α,β-unsaturated/α-hetero) is 1. The lowest BCUT2D eigenvalue weighted by Crippen LogP contribution is -2.49. The maximum atomic E-state index is 12.8. The second-order valence-corrected chi connectivity index (χ2v) is 9.95. The Kier molecular flexibility index (Phi) is 5.52. The first-order valence-electron chi connectivity index (χ1n) is 12.5. The largest absolute Gasteiger partial charge is 0.384 e. The number of carbonyl (C=O) groups excluding carboxylic acids is 2. The van der Waals surface area contributed by atoms with Crippen molar-refractivity contribution >= 4 is 23.2 Å². The number of fused-ring (bicyclic) bond motifs is 3. The number of carbonyl (C=O) groups is 2. The average Bonchev–Trinajstić information content (AvgIpc) is 3.62. The molecule has 1 unspecified atom stereocenters. The van der Waals surface area contributed by atoms with Crippen molar-refractivity contribution in [2.45, 2.75) is 63.6 Å². The van der Waals surface area contributed by atoms with E-state index in [1.165, 1.54) is 18.4 Å². The highest BCUT2D eigenvalue weighted by atomic mass is 16.3. The van der Waals surface area contributed by atoms with Gasteiger partial charge < -0.3 is 20.7 Å². The quantitative estimate of drug-likeness (QED) is 0.353. The van der Waals surface area contributed by atoms with Gasteiger partial charge in [-0.15, -0.1) is 0 Å². The fourth-order valence-electron chi connectivity index (χ4n) is 5.97. The van der Waals surface area contributed by atoms with Gasteiger partial charge in [-0.2, -0.15) is 9.61 Å². The zero-order valence-corrected chi connectivity index (χ0v) is 20.6. The van der Waals surface area contributed by atoms with E-state index in [1.54, 1.807) is 24.8 Å². The molecular formula is C26H28N8O3. The molecule has 1 amide bonds. The van der Waals surface area contributed by atoms with E-state index in [4.69, 9.17) is 10.7 Å². The number of aliphatic hydroxyl groups is 1. The zero-order chi connectivity index (χ0) is 25.8. The first-order valence-corrected chi connectivity index (χ1v) is 12.5. The van der Waals surface area contributed by atoms with Crippen LogP contribution < -0.4 is 5.73 Å². The lowest BCUT2D eigenvalue weighted by atomic mass is 9.85. The van der Waals surface area contributed by atoms with Crippen LogP contribution in [0.5, 0.6) is 0 Å². The Morgan fingerprint density at radius 1 is 1.16 bits per heavy atom. The van der Waals surface area contributed by atoms with Gasteiger partial charge in [-0.1, -0.05) is 6.07 Å². The van der Waals surface area contributed by atoms with E-state index < -0.39 is 6.10 Å². The minimum atomic E-state index is -1.03. The van der Waals surface area contributed by atoms with Gasteiger partial charge in [0.2, 0.25) is 0 Å². The molecule has 4 N–H and O–H groups in total. The van der Waals surface area contributed by atoms with Crippen LogP contribution in [-0.4, -0.2) is 69.4 Å². The number of aliphatic hydroxyl groups excluding tert-OH is 1. The molecule has 2 saturated heterocycles. The molecule has 2 aliphatic heterocycles. The number of amides is 1. The zero-order valence-electron chi connectivity index (χ0n) is 20.6. The van der Waals surface area contributed by atoms with Crippen molar-refractivity contribution in [3.8, 4) is 22.6 Å². The Morgan fingerprint density at radius 3 is 2.51 bits per heavy atom. The molecule has 2 fully saturated rings. The summed E-state index contributed by atoms with van der Waals surface area (Å²) >= 11 is 0. The van der Waals surface area contributed by atoms with Crippen molar-refractivity contribution in [2.75, 3.05) is 5.73 Å². The van der Waals surface area contributed by atoms with Crippen LogP contribution in [0.4, 0.5) is 5.82 Å². The van der Waals surface area contributed by atoms with Gasteiger partial charge in [0.05, 0.1) is 17.5 Å². The molecule has 6 rings (SSSR count). The Labute approximate surface area is 212 Å². The van der Waals surface area contributed by atoms with Crippen LogP contribution >= 0.6 is 0 Å². The van der Waals surface area contributed by atoms with Crippen LogP contribution in [0.3, 0.4) is 0 Å². The molecule has 0 spiro atoms. The number of nitrogens with two attached hydrogens (primary N) is 1. The Balaban J connectivity index is 1.41. The number of nitrogen functional groups attached to an aromatic ring is 1. The van der Waals surface area contributed by atoms with E-state index in [-0.39, 0.29) is 35.5 Å². The van der Waals surface area contributed by atoms with Gasteiger partial charge in [0.25, 0.3) is 5.91 Å². The molecule has 2 aliphatic rings. The van der Waals surface area contributed by atoms with E-state index in [0.29, 0.717) is 41.3 Å². The van der Waals surface area contributed by atoms with Gasteiger partial charge in [0, 0.05) is 47.7 Å². The van der Waals surface area contributed by atoms with Crippen LogP contribution in [-0.2, 0) is 4.79 Å². The van der Waals surface area contributed by atoms with Gasteiger partial charge in [0.15, 0.2) is 17.3 Å². The number of imidazole rings is 1. The van der Waals surface area contributed by atoms with Crippen molar-refractivity contribution in [3.63, 3.8) is 0 Å². The number of hydrogen-bond acceptors (Lipinski definition) is 8. The number of nitrogens with one attached hydrogen (secondary N) is 1. The third-order valence-electron chi connectivity index (χ3n) is 7.61. The smallest absolute Gasteiger partial charge is 0.251 e. The van der Waals surface area contributed by atoms with E-state index in [0.717, 1.165) is 24.0 Å². The summed E-state index contributed by atoms with van der Waals surface area (Å²) in [5.74, 6) is 0.498. The van der Waals surface area contributed by atoms with Crippen molar-refractivity contribution in [2.24, 2.45) is 0 Å². The number of nitrogens with zero attached hydrogens (tertiary/aromatic N) is 6. The number of H-pyrrole nitrogens is 1. The summed E-state index contributed by atoms with van der Waals surface area (Å²) in [5.41, 5.74) is 10.4. The topological polar surface area (TPSA) is 155 Å². The molecule has 0 aromatic carbocycles.